The molecule has 4 aromatic rings. The highest BCUT2D eigenvalue weighted by atomic mass is 32.2. The molecule has 0 amide bonds. The molecule has 168 valence electrons. The monoisotopic (exact) mass is 461 g/mol. The van der Waals surface area contributed by atoms with Crippen LogP contribution in [0, 0.1) is 6.92 Å². The average molecular weight is 462 g/mol. The predicted molar refractivity (Wildman–Crippen MR) is 126 cm³/mol. The number of aryl methyl sites for hydroxylation is 1. The minimum atomic E-state index is -4.09. The number of carbonyl (C=O) groups excluding carboxylic acids is 1. The first-order valence-corrected chi connectivity index (χ1v) is 11.9. The van der Waals surface area contributed by atoms with Crippen LogP contribution in [0.1, 0.15) is 28.4 Å². The van der Waals surface area contributed by atoms with E-state index in [2.05, 4.69) is 4.98 Å². The summed E-state index contributed by atoms with van der Waals surface area (Å²) < 4.78 is 38.5. The van der Waals surface area contributed by atoms with E-state index < -0.39 is 15.6 Å². The number of methoxy groups -OCH3 is 1. The van der Waals surface area contributed by atoms with Gasteiger partial charge in [-0.1, -0.05) is 29.8 Å². The van der Waals surface area contributed by atoms with Crippen LogP contribution in [-0.2, 0) is 9.84 Å². The van der Waals surface area contributed by atoms with Crippen LogP contribution in [0.3, 0.4) is 0 Å². The lowest BCUT2D eigenvalue weighted by Crippen LogP contribution is -2.13. The molecule has 0 aliphatic rings. The van der Waals surface area contributed by atoms with Gasteiger partial charge in [-0.3, -0.25) is 9.78 Å². The van der Waals surface area contributed by atoms with E-state index in [4.69, 9.17) is 9.47 Å². The van der Waals surface area contributed by atoms with Crippen LogP contribution >= 0.6 is 0 Å². The minimum absolute atomic E-state index is 0.0100. The Morgan fingerprint density at radius 3 is 2.24 bits per heavy atom. The number of hydrogen-bond donors (Lipinski definition) is 0. The molecule has 6 nitrogen and oxygen atoms in total. The van der Waals surface area contributed by atoms with Gasteiger partial charge in [0.1, 0.15) is 11.5 Å². The first kappa shape index (κ1) is 22.5. The number of rotatable bonds is 7. The van der Waals surface area contributed by atoms with Crippen LogP contribution in [0.25, 0.3) is 10.9 Å². The van der Waals surface area contributed by atoms with Crippen molar-refractivity contribution in [2.45, 2.75) is 23.6 Å². The second-order valence-corrected chi connectivity index (χ2v) is 9.37. The third kappa shape index (κ3) is 4.32. The summed E-state index contributed by atoms with van der Waals surface area (Å²) in [5.41, 5.74) is 1.84. The summed E-state index contributed by atoms with van der Waals surface area (Å²) in [4.78, 5) is 17.8. The molecule has 0 N–H and O–H groups in total. The molecule has 33 heavy (non-hydrogen) atoms. The van der Waals surface area contributed by atoms with Crippen molar-refractivity contribution in [2.24, 2.45) is 0 Å². The van der Waals surface area contributed by atoms with E-state index in [1.54, 1.807) is 42.5 Å². The average Bonchev–Trinajstić information content (AvgIpc) is 2.83. The number of hydrogen-bond acceptors (Lipinski definition) is 6. The maximum atomic E-state index is 13.9. The van der Waals surface area contributed by atoms with Gasteiger partial charge in [-0.05, 0) is 56.3 Å². The normalized spacial score (nSPS) is 11.4. The molecule has 0 aliphatic carbocycles. The van der Waals surface area contributed by atoms with E-state index >= 15 is 0 Å². The Hall–Kier alpha value is -3.71. The lowest BCUT2D eigenvalue weighted by Gasteiger charge is -2.14. The smallest absolute Gasteiger partial charge is 0.208 e. The highest BCUT2D eigenvalue weighted by Crippen LogP contribution is 2.34. The van der Waals surface area contributed by atoms with Gasteiger partial charge in [0.2, 0.25) is 9.84 Å². The summed E-state index contributed by atoms with van der Waals surface area (Å²) in [7, 11) is -2.58. The first-order chi connectivity index (χ1) is 15.8. The summed E-state index contributed by atoms with van der Waals surface area (Å²) >= 11 is 0. The number of nitrogens with zero attached hydrogens (tertiary/aromatic N) is 1. The summed E-state index contributed by atoms with van der Waals surface area (Å²) in [6.07, 6.45) is 1.33. The van der Waals surface area contributed by atoms with Crippen molar-refractivity contribution in [1.29, 1.82) is 0 Å². The fourth-order valence-electron chi connectivity index (χ4n) is 3.59. The Morgan fingerprint density at radius 1 is 0.939 bits per heavy atom. The van der Waals surface area contributed by atoms with Crippen LogP contribution < -0.4 is 9.47 Å². The second-order valence-electron chi connectivity index (χ2n) is 7.49. The number of ketones is 1. The highest BCUT2D eigenvalue weighted by molar-refractivity contribution is 7.91. The Balaban J connectivity index is 2.00. The third-order valence-electron chi connectivity index (χ3n) is 5.30. The summed E-state index contributed by atoms with van der Waals surface area (Å²) in [5, 5.41) is 0.328. The molecule has 0 bridgehead atoms. The fourth-order valence-corrected chi connectivity index (χ4v) is 5.21. The Labute approximate surface area is 192 Å². The summed E-state index contributed by atoms with van der Waals surface area (Å²) in [5.74, 6) is 0.610. The maximum Gasteiger partial charge on any atom is 0.208 e. The lowest BCUT2D eigenvalue weighted by molar-refractivity contribution is 0.103. The van der Waals surface area contributed by atoms with Gasteiger partial charge in [-0.2, -0.15) is 0 Å². The maximum absolute atomic E-state index is 13.9. The van der Waals surface area contributed by atoms with E-state index in [1.807, 2.05) is 26.0 Å². The molecule has 7 heteroatoms. The fraction of sp³-hybridized carbons (Fsp3) is 0.154. The van der Waals surface area contributed by atoms with Crippen LogP contribution in [0.2, 0.25) is 0 Å². The molecule has 0 saturated heterocycles. The molecule has 4 rings (SSSR count). The van der Waals surface area contributed by atoms with Gasteiger partial charge in [0, 0.05) is 17.1 Å². The Kier molecular flexibility index (Phi) is 6.16. The zero-order valence-corrected chi connectivity index (χ0v) is 19.3. The molecule has 3 aromatic carbocycles. The molecular formula is C26H23NO5S. The zero-order chi connectivity index (χ0) is 23.6. The van der Waals surface area contributed by atoms with E-state index in [9.17, 15) is 13.2 Å². The van der Waals surface area contributed by atoms with Gasteiger partial charge in [-0.25, -0.2) is 8.42 Å². The molecule has 0 radical (unpaired) electrons. The molecule has 0 fully saturated rings. The van der Waals surface area contributed by atoms with Crippen molar-refractivity contribution in [2.75, 3.05) is 13.7 Å². The topological polar surface area (TPSA) is 82.6 Å². The van der Waals surface area contributed by atoms with Crippen molar-refractivity contribution >= 4 is 26.5 Å². The molecule has 0 spiro atoms. The van der Waals surface area contributed by atoms with Crippen molar-refractivity contribution in [3.63, 3.8) is 0 Å². The first-order valence-electron chi connectivity index (χ1n) is 10.4. The number of pyridine rings is 1. The summed E-state index contributed by atoms with van der Waals surface area (Å²) in [6, 6.07) is 18.1. The van der Waals surface area contributed by atoms with Gasteiger partial charge < -0.3 is 9.47 Å². The quantitative estimate of drug-likeness (QED) is 0.360. The van der Waals surface area contributed by atoms with Gasteiger partial charge in [0.25, 0.3) is 0 Å². The molecule has 0 atom stereocenters. The van der Waals surface area contributed by atoms with Crippen LogP contribution in [0.5, 0.6) is 11.5 Å². The number of sulfone groups is 1. The SMILES string of the molecule is CCOc1ccc2ncc(C(=O)c3ccc(C)cc3)c(S(=O)(=O)c3ccc(OC)cc3)c2c1. The van der Waals surface area contributed by atoms with Gasteiger partial charge in [-0.15, -0.1) is 0 Å². The number of fused-ring (bicyclic) bond motifs is 1. The number of ether oxygens (including phenoxy) is 2. The molecule has 1 aromatic heterocycles. The standard InChI is InChI=1S/C26H23NO5S/c1-4-32-20-11-14-24-22(15-20)26(33(29,30)21-12-9-19(31-3)10-13-21)23(16-27-24)25(28)18-7-5-17(2)6-8-18/h5-16H,4H2,1-3H3. The van der Waals surface area contributed by atoms with Gasteiger partial charge >= 0.3 is 0 Å². The molecule has 0 saturated carbocycles. The van der Waals surface area contributed by atoms with E-state index in [-0.39, 0.29) is 15.4 Å². The third-order valence-corrected chi connectivity index (χ3v) is 7.17. The highest BCUT2D eigenvalue weighted by Gasteiger charge is 2.29. The van der Waals surface area contributed by atoms with Crippen molar-refractivity contribution < 1.29 is 22.7 Å². The van der Waals surface area contributed by atoms with Crippen LogP contribution in [0.15, 0.2) is 82.7 Å². The van der Waals surface area contributed by atoms with Gasteiger partial charge in [0.05, 0.1) is 34.6 Å². The summed E-state index contributed by atoms with van der Waals surface area (Å²) in [6.45, 7) is 4.18. The number of aromatic nitrogens is 1. The van der Waals surface area contributed by atoms with Crippen LogP contribution in [0.4, 0.5) is 0 Å². The van der Waals surface area contributed by atoms with Crippen LogP contribution in [-0.4, -0.2) is 32.9 Å². The predicted octanol–water partition coefficient (Wildman–Crippen LogP) is 5.01. The largest absolute Gasteiger partial charge is 0.497 e. The van der Waals surface area contributed by atoms with Crippen molar-refractivity contribution in [3.05, 3.63) is 89.6 Å². The molecular weight excluding hydrogens is 438 g/mol. The minimum Gasteiger partial charge on any atom is -0.497 e. The molecule has 1 heterocycles. The molecule has 0 aliphatic heterocycles. The zero-order valence-electron chi connectivity index (χ0n) is 18.5. The number of benzene rings is 3. The molecule has 0 unspecified atom stereocenters. The Morgan fingerprint density at radius 2 is 1.61 bits per heavy atom. The second kappa shape index (κ2) is 9.03. The van der Waals surface area contributed by atoms with E-state index in [0.29, 0.717) is 34.6 Å². The van der Waals surface area contributed by atoms with Crippen molar-refractivity contribution in [3.8, 4) is 11.5 Å². The van der Waals surface area contributed by atoms with E-state index in [0.717, 1.165) is 5.56 Å². The lowest BCUT2D eigenvalue weighted by atomic mass is 10.0. The number of carbonyl (C=O) groups is 1. The Bertz CT molecular complexity index is 1430. The van der Waals surface area contributed by atoms with E-state index in [1.165, 1.54) is 25.4 Å². The van der Waals surface area contributed by atoms with Crippen molar-refractivity contribution in [1.82, 2.24) is 4.98 Å². The van der Waals surface area contributed by atoms with Gasteiger partial charge in [0.15, 0.2) is 5.78 Å².